The fourth-order valence-corrected chi connectivity index (χ4v) is 2.34. The Morgan fingerprint density at radius 1 is 1.27 bits per heavy atom. The minimum Gasteiger partial charge on any atom is -0.314 e. The van der Waals surface area contributed by atoms with E-state index in [-0.39, 0.29) is 0 Å². The van der Waals surface area contributed by atoms with Crippen molar-refractivity contribution >= 4 is 0 Å². The lowest BCUT2D eigenvalue weighted by Gasteiger charge is -2.31. The Bertz CT molecular complexity index is 164. The Kier molecular flexibility index (Phi) is 5.62. The van der Waals surface area contributed by atoms with Crippen LogP contribution in [0.25, 0.3) is 0 Å². The van der Waals surface area contributed by atoms with Gasteiger partial charge in [-0.3, -0.25) is 4.90 Å². The molecule has 0 spiro atoms. The summed E-state index contributed by atoms with van der Waals surface area (Å²) < 4.78 is 0. The van der Waals surface area contributed by atoms with Crippen molar-refractivity contribution in [3.05, 3.63) is 0 Å². The summed E-state index contributed by atoms with van der Waals surface area (Å²) in [4.78, 5) is 2.58. The largest absolute Gasteiger partial charge is 0.314 e. The Morgan fingerprint density at radius 2 is 1.93 bits per heavy atom. The molecule has 1 aliphatic rings. The average molecular weight is 212 g/mol. The van der Waals surface area contributed by atoms with Crippen molar-refractivity contribution < 1.29 is 0 Å². The molecule has 0 aromatic rings. The summed E-state index contributed by atoms with van der Waals surface area (Å²) in [5, 5.41) is 3.58. The van der Waals surface area contributed by atoms with Gasteiger partial charge in [0, 0.05) is 18.1 Å². The average Bonchev–Trinajstić information content (AvgIpc) is 2.96. The summed E-state index contributed by atoms with van der Waals surface area (Å²) in [7, 11) is 0. The summed E-state index contributed by atoms with van der Waals surface area (Å²) in [6.45, 7) is 11.6. The number of nitrogens with one attached hydrogen (secondary N) is 1. The molecule has 1 N–H and O–H groups in total. The summed E-state index contributed by atoms with van der Waals surface area (Å²) in [6, 6.07) is 2.28. The Morgan fingerprint density at radius 3 is 2.40 bits per heavy atom. The molecule has 0 radical (unpaired) electrons. The Balaban J connectivity index is 2.06. The molecule has 0 aromatic carbocycles. The molecule has 1 unspecified atom stereocenters. The van der Waals surface area contributed by atoms with Crippen LogP contribution < -0.4 is 5.32 Å². The smallest absolute Gasteiger partial charge is 0.00699 e. The Labute approximate surface area is 95.4 Å². The molecule has 0 bridgehead atoms. The summed E-state index contributed by atoms with van der Waals surface area (Å²) >= 11 is 0. The Hall–Kier alpha value is -0.0800. The van der Waals surface area contributed by atoms with Crippen LogP contribution in [0.1, 0.15) is 53.4 Å². The minimum atomic E-state index is 0.682. The topological polar surface area (TPSA) is 15.3 Å². The molecular weight excluding hydrogens is 184 g/mol. The van der Waals surface area contributed by atoms with E-state index in [0.29, 0.717) is 6.04 Å². The molecule has 1 atom stereocenters. The zero-order valence-electron chi connectivity index (χ0n) is 10.9. The van der Waals surface area contributed by atoms with Gasteiger partial charge in [0.1, 0.15) is 0 Å². The van der Waals surface area contributed by atoms with Gasteiger partial charge in [-0.1, -0.05) is 6.92 Å². The number of nitrogens with zero attached hydrogens (tertiary/aromatic N) is 1. The van der Waals surface area contributed by atoms with E-state index in [2.05, 4.69) is 37.9 Å². The second-order valence-electron chi connectivity index (χ2n) is 5.14. The van der Waals surface area contributed by atoms with E-state index >= 15 is 0 Å². The van der Waals surface area contributed by atoms with Crippen molar-refractivity contribution in [1.82, 2.24) is 10.2 Å². The number of hydrogen-bond acceptors (Lipinski definition) is 2. The van der Waals surface area contributed by atoms with E-state index in [1.165, 1.54) is 38.8 Å². The molecular formula is C13H28N2. The van der Waals surface area contributed by atoms with Crippen LogP contribution in [-0.4, -0.2) is 36.1 Å². The van der Waals surface area contributed by atoms with Crippen molar-refractivity contribution in [2.75, 3.05) is 13.1 Å². The van der Waals surface area contributed by atoms with Crippen LogP contribution in [0.15, 0.2) is 0 Å². The van der Waals surface area contributed by atoms with Gasteiger partial charge in [0.15, 0.2) is 0 Å². The quantitative estimate of drug-likeness (QED) is 0.622. The second-order valence-corrected chi connectivity index (χ2v) is 5.14. The SMILES string of the molecule is CCN(C(C)C)C(C)CCCNC1CC1. The fourth-order valence-electron chi connectivity index (χ4n) is 2.34. The van der Waals surface area contributed by atoms with Gasteiger partial charge in [0.2, 0.25) is 0 Å². The third kappa shape index (κ3) is 4.98. The van der Waals surface area contributed by atoms with Crippen molar-refractivity contribution in [3.8, 4) is 0 Å². The highest BCUT2D eigenvalue weighted by molar-refractivity contribution is 4.80. The molecule has 0 aliphatic heterocycles. The fraction of sp³-hybridized carbons (Fsp3) is 1.00. The lowest BCUT2D eigenvalue weighted by Crippen LogP contribution is -2.38. The summed E-state index contributed by atoms with van der Waals surface area (Å²) in [6.07, 6.45) is 5.46. The highest BCUT2D eigenvalue weighted by Gasteiger charge is 2.20. The second kappa shape index (κ2) is 6.49. The third-order valence-electron chi connectivity index (χ3n) is 3.40. The predicted octanol–water partition coefficient (Wildman–Crippen LogP) is 2.64. The van der Waals surface area contributed by atoms with E-state index in [0.717, 1.165) is 12.1 Å². The van der Waals surface area contributed by atoms with Crippen LogP contribution in [-0.2, 0) is 0 Å². The maximum Gasteiger partial charge on any atom is 0.00699 e. The first-order valence-corrected chi connectivity index (χ1v) is 6.64. The van der Waals surface area contributed by atoms with Gasteiger partial charge < -0.3 is 5.32 Å². The molecule has 1 saturated carbocycles. The molecule has 1 aliphatic carbocycles. The standard InChI is InChI=1S/C13H28N2/c1-5-15(11(2)3)12(4)7-6-10-14-13-8-9-13/h11-14H,5-10H2,1-4H3. The van der Waals surface area contributed by atoms with Crippen molar-refractivity contribution in [2.45, 2.75) is 71.5 Å². The van der Waals surface area contributed by atoms with E-state index < -0.39 is 0 Å². The van der Waals surface area contributed by atoms with Gasteiger partial charge >= 0.3 is 0 Å². The summed E-state index contributed by atoms with van der Waals surface area (Å²) in [5.41, 5.74) is 0. The normalized spacial score (nSPS) is 18.8. The zero-order valence-corrected chi connectivity index (χ0v) is 10.9. The maximum absolute atomic E-state index is 3.58. The van der Waals surface area contributed by atoms with Gasteiger partial charge in [-0.2, -0.15) is 0 Å². The van der Waals surface area contributed by atoms with E-state index in [1.807, 2.05) is 0 Å². The molecule has 0 saturated heterocycles. The highest BCUT2D eigenvalue weighted by atomic mass is 15.2. The van der Waals surface area contributed by atoms with E-state index in [1.54, 1.807) is 0 Å². The lowest BCUT2D eigenvalue weighted by molar-refractivity contribution is 0.163. The van der Waals surface area contributed by atoms with Gasteiger partial charge in [0.05, 0.1) is 0 Å². The monoisotopic (exact) mass is 212 g/mol. The van der Waals surface area contributed by atoms with Crippen molar-refractivity contribution in [3.63, 3.8) is 0 Å². The molecule has 2 heteroatoms. The van der Waals surface area contributed by atoms with Crippen molar-refractivity contribution in [2.24, 2.45) is 0 Å². The van der Waals surface area contributed by atoms with Gasteiger partial charge in [0.25, 0.3) is 0 Å². The van der Waals surface area contributed by atoms with Crippen LogP contribution in [0.4, 0.5) is 0 Å². The summed E-state index contributed by atoms with van der Waals surface area (Å²) in [5.74, 6) is 0. The maximum atomic E-state index is 3.58. The zero-order chi connectivity index (χ0) is 11.3. The third-order valence-corrected chi connectivity index (χ3v) is 3.40. The van der Waals surface area contributed by atoms with E-state index in [4.69, 9.17) is 0 Å². The highest BCUT2D eigenvalue weighted by Crippen LogP contribution is 2.18. The van der Waals surface area contributed by atoms with Crippen LogP contribution in [0.5, 0.6) is 0 Å². The van der Waals surface area contributed by atoms with Gasteiger partial charge in [-0.25, -0.2) is 0 Å². The van der Waals surface area contributed by atoms with Crippen LogP contribution in [0.3, 0.4) is 0 Å². The first kappa shape index (κ1) is 13.0. The number of hydrogen-bond donors (Lipinski definition) is 1. The van der Waals surface area contributed by atoms with Crippen molar-refractivity contribution in [1.29, 1.82) is 0 Å². The first-order valence-electron chi connectivity index (χ1n) is 6.64. The molecule has 0 heterocycles. The van der Waals surface area contributed by atoms with Crippen LogP contribution in [0, 0.1) is 0 Å². The predicted molar refractivity (Wildman–Crippen MR) is 67.2 cm³/mol. The molecule has 0 aromatic heterocycles. The minimum absolute atomic E-state index is 0.682. The van der Waals surface area contributed by atoms with Crippen LogP contribution in [0.2, 0.25) is 0 Å². The number of rotatable bonds is 8. The molecule has 90 valence electrons. The molecule has 2 nitrogen and oxygen atoms in total. The molecule has 1 fully saturated rings. The lowest BCUT2D eigenvalue weighted by atomic mass is 10.1. The van der Waals surface area contributed by atoms with Gasteiger partial charge in [-0.05, 0) is 59.5 Å². The molecule has 1 rings (SSSR count). The first-order chi connectivity index (χ1) is 7.15. The van der Waals surface area contributed by atoms with Gasteiger partial charge in [-0.15, -0.1) is 0 Å². The molecule has 0 amide bonds. The van der Waals surface area contributed by atoms with E-state index in [9.17, 15) is 0 Å². The molecule has 15 heavy (non-hydrogen) atoms. The van der Waals surface area contributed by atoms with Crippen LogP contribution >= 0.6 is 0 Å².